The van der Waals surface area contributed by atoms with Gasteiger partial charge in [0.15, 0.2) is 11.5 Å². The normalized spacial score (nSPS) is 11.2. The lowest BCUT2D eigenvalue weighted by Gasteiger charge is -2.25. The van der Waals surface area contributed by atoms with Crippen molar-refractivity contribution in [3.63, 3.8) is 0 Å². The molecule has 40 heavy (non-hydrogen) atoms. The highest BCUT2D eigenvalue weighted by Crippen LogP contribution is 2.28. The zero-order valence-corrected chi connectivity index (χ0v) is 23.8. The van der Waals surface area contributed by atoms with Crippen LogP contribution in [0.2, 0.25) is 0 Å². The molecule has 2 heterocycles. The van der Waals surface area contributed by atoms with Crippen LogP contribution in [-0.2, 0) is 11.3 Å². The van der Waals surface area contributed by atoms with Gasteiger partial charge in [0, 0.05) is 48.3 Å². The van der Waals surface area contributed by atoms with Crippen LogP contribution in [0.15, 0.2) is 47.3 Å². The van der Waals surface area contributed by atoms with Crippen LogP contribution < -0.4 is 16.0 Å². The predicted molar refractivity (Wildman–Crippen MR) is 154 cm³/mol. The number of carbonyl (C=O) groups excluding carboxylic acids is 3. The van der Waals surface area contributed by atoms with Crippen molar-refractivity contribution in [2.75, 3.05) is 43.1 Å². The van der Waals surface area contributed by atoms with Crippen molar-refractivity contribution in [2.45, 2.75) is 32.9 Å². The number of phenols is 2. The molecule has 0 aliphatic rings. The Hall–Kier alpha value is -4.36. The smallest absolute Gasteiger partial charge is 0.412 e. The van der Waals surface area contributed by atoms with Crippen molar-refractivity contribution in [1.29, 1.82) is 0 Å². The Bertz CT molecular complexity index is 1340. The first kappa shape index (κ1) is 30.2. The van der Waals surface area contributed by atoms with Gasteiger partial charge in [-0.25, -0.2) is 9.59 Å². The summed E-state index contributed by atoms with van der Waals surface area (Å²) in [6, 6.07) is 6.88. The molecule has 0 saturated heterocycles. The van der Waals surface area contributed by atoms with E-state index in [-0.39, 0.29) is 23.7 Å². The van der Waals surface area contributed by atoms with Crippen LogP contribution in [0.25, 0.3) is 0 Å². The zero-order chi connectivity index (χ0) is 29.4. The van der Waals surface area contributed by atoms with Gasteiger partial charge in [0.25, 0.3) is 5.91 Å². The number of thiophene rings is 1. The molecular weight excluding hydrogens is 536 g/mol. The Morgan fingerprint density at radius 1 is 0.950 bits per heavy atom. The number of urea groups is 1. The largest absolute Gasteiger partial charge is 0.504 e. The summed E-state index contributed by atoms with van der Waals surface area (Å²) in [6.07, 6.45) is 0.888. The predicted octanol–water partition coefficient (Wildman–Crippen LogP) is 4.75. The summed E-state index contributed by atoms with van der Waals surface area (Å²) in [7, 11) is 3.79. The lowest BCUT2D eigenvalue weighted by Crippen LogP contribution is -2.39. The molecule has 0 bridgehead atoms. The second-order valence-electron chi connectivity index (χ2n) is 10.2. The van der Waals surface area contributed by atoms with Crippen molar-refractivity contribution in [3.05, 3.63) is 58.5 Å². The maximum Gasteiger partial charge on any atom is 0.412 e. The number of anilines is 3. The van der Waals surface area contributed by atoms with Crippen molar-refractivity contribution >= 4 is 46.4 Å². The van der Waals surface area contributed by atoms with E-state index in [2.05, 4.69) is 20.9 Å². The van der Waals surface area contributed by atoms with E-state index in [0.29, 0.717) is 35.7 Å². The first-order valence-electron chi connectivity index (χ1n) is 12.4. The van der Waals surface area contributed by atoms with E-state index in [1.165, 1.54) is 35.7 Å². The van der Waals surface area contributed by atoms with Gasteiger partial charge in [-0.05, 0) is 58.6 Å². The summed E-state index contributed by atoms with van der Waals surface area (Å²) in [5.41, 5.74) is 1.34. The number of pyridine rings is 1. The summed E-state index contributed by atoms with van der Waals surface area (Å²) < 4.78 is 5.26. The number of likely N-dealkylation sites (N-methyl/N-ethyl adjacent to an activating group) is 1. The minimum absolute atomic E-state index is 0.155. The zero-order valence-electron chi connectivity index (χ0n) is 23.0. The SMILES string of the molecule is CN(C)CCN(Cc1ccc(C(=O)Nc2cscc2NC(=O)OC(C)(C)C)nc1)C(=O)Nc1ccc(O)c(O)c1. The third-order valence-corrected chi connectivity index (χ3v) is 6.05. The molecular formula is C27H34N6O6S. The number of nitrogens with zero attached hydrogens (tertiary/aromatic N) is 3. The van der Waals surface area contributed by atoms with Gasteiger partial charge in [0.2, 0.25) is 0 Å². The average Bonchev–Trinajstić information content (AvgIpc) is 3.29. The van der Waals surface area contributed by atoms with Gasteiger partial charge in [-0.3, -0.25) is 15.1 Å². The van der Waals surface area contributed by atoms with E-state index in [1.807, 2.05) is 19.0 Å². The molecule has 1 aromatic carbocycles. The Morgan fingerprint density at radius 3 is 2.25 bits per heavy atom. The summed E-state index contributed by atoms with van der Waals surface area (Å²) in [6.45, 7) is 6.49. The Kier molecular flexibility index (Phi) is 9.91. The highest BCUT2D eigenvalue weighted by Gasteiger charge is 2.19. The molecule has 2 aromatic heterocycles. The van der Waals surface area contributed by atoms with Gasteiger partial charge in [0.1, 0.15) is 11.3 Å². The number of rotatable bonds is 9. The monoisotopic (exact) mass is 570 g/mol. The van der Waals surface area contributed by atoms with Gasteiger partial charge >= 0.3 is 12.1 Å². The highest BCUT2D eigenvalue weighted by atomic mass is 32.1. The number of aromatic nitrogens is 1. The van der Waals surface area contributed by atoms with Crippen molar-refractivity contribution < 1.29 is 29.3 Å². The van der Waals surface area contributed by atoms with Crippen molar-refractivity contribution in [1.82, 2.24) is 14.8 Å². The molecule has 13 heteroatoms. The van der Waals surface area contributed by atoms with Gasteiger partial charge in [-0.2, -0.15) is 0 Å². The molecule has 0 fully saturated rings. The highest BCUT2D eigenvalue weighted by molar-refractivity contribution is 7.09. The second-order valence-corrected chi connectivity index (χ2v) is 10.9. The number of hydrogen-bond donors (Lipinski definition) is 5. The molecule has 0 saturated carbocycles. The average molecular weight is 571 g/mol. The molecule has 0 spiro atoms. The fourth-order valence-corrected chi connectivity index (χ4v) is 4.05. The number of nitrogens with one attached hydrogen (secondary N) is 3. The van der Waals surface area contributed by atoms with E-state index >= 15 is 0 Å². The number of benzene rings is 1. The first-order chi connectivity index (χ1) is 18.8. The minimum atomic E-state index is -0.660. The van der Waals surface area contributed by atoms with Crippen molar-refractivity contribution in [2.24, 2.45) is 0 Å². The molecule has 214 valence electrons. The Balaban J connectivity index is 1.65. The molecule has 5 N–H and O–H groups in total. The number of amides is 4. The number of aromatic hydroxyl groups is 2. The molecule has 0 aliphatic heterocycles. The van der Waals surface area contributed by atoms with E-state index < -0.39 is 23.6 Å². The molecule has 3 rings (SSSR count). The van der Waals surface area contributed by atoms with Gasteiger partial charge in [0.05, 0.1) is 11.4 Å². The van der Waals surface area contributed by atoms with Crippen LogP contribution in [-0.4, -0.2) is 75.8 Å². The van der Waals surface area contributed by atoms with E-state index in [9.17, 15) is 24.6 Å². The summed E-state index contributed by atoms with van der Waals surface area (Å²) in [5, 5.41) is 30.7. The molecule has 12 nitrogen and oxygen atoms in total. The topological polar surface area (TPSA) is 156 Å². The van der Waals surface area contributed by atoms with Gasteiger partial charge < -0.3 is 35.4 Å². The van der Waals surface area contributed by atoms with E-state index in [0.717, 1.165) is 0 Å². The summed E-state index contributed by atoms with van der Waals surface area (Å²) in [5.74, 6) is -1.09. The number of hydrogen-bond acceptors (Lipinski definition) is 9. The van der Waals surface area contributed by atoms with Gasteiger partial charge in [-0.1, -0.05) is 6.07 Å². The number of carbonyl (C=O) groups is 3. The Morgan fingerprint density at radius 2 is 1.65 bits per heavy atom. The number of phenolic OH excluding ortho intramolecular Hbond substituents is 2. The first-order valence-corrected chi connectivity index (χ1v) is 13.3. The third kappa shape index (κ3) is 9.13. The lowest BCUT2D eigenvalue weighted by molar-refractivity contribution is 0.0635. The quantitative estimate of drug-likeness (QED) is 0.182. The maximum atomic E-state index is 13.0. The molecule has 0 aliphatic carbocycles. The minimum Gasteiger partial charge on any atom is -0.504 e. The molecule has 3 aromatic rings. The number of ether oxygens (including phenoxy) is 1. The Labute approximate surface area is 236 Å². The van der Waals surface area contributed by atoms with Crippen LogP contribution in [0, 0.1) is 0 Å². The molecule has 0 radical (unpaired) electrons. The van der Waals surface area contributed by atoms with Crippen LogP contribution in [0.1, 0.15) is 36.8 Å². The van der Waals surface area contributed by atoms with Crippen LogP contribution in [0.4, 0.5) is 26.7 Å². The summed E-state index contributed by atoms with van der Waals surface area (Å²) >= 11 is 1.31. The fraction of sp³-hybridized carbons (Fsp3) is 0.333. The fourth-order valence-electron chi connectivity index (χ4n) is 3.34. The summed E-state index contributed by atoms with van der Waals surface area (Å²) in [4.78, 5) is 45.7. The van der Waals surface area contributed by atoms with Gasteiger partial charge in [-0.15, -0.1) is 11.3 Å². The second kappa shape index (κ2) is 13.1. The molecule has 0 unspecified atom stereocenters. The molecule has 0 atom stereocenters. The molecule has 4 amide bonds. The van der Waals surface area contributed by atoms with Crippen molar-refractivity contribution in [3.8, 4) is 11.5 Å². The third-order valence-electron chi connectivity index (χ3n) is 5.31. The van der Waals surface area contributed by atoms with Crippen LogP contribution >= 0.6 is 11.3 Å². The lowest BCUT2D eigenvalue weighted by atomic mass is 10.2. The van der Waals surface area contributed by atoms with E-state index in [4.69, 9.17) is 4.74 Å². The van der Waals surface area contributed by atoms with E-state index in [1.54, 1.807) is 48.6 Å². The maximum absolute atomic E-state index is 13.0. The van der Waals surface area contributed by atoms with Crippen LogP contribution in [0.3, 0.4) is 0 Å². The standard InChI is InChI=1S/C27H34N6O6S/c1-27(2,3)39-26(38)31-21-16-40-15-20(21)30-24(36)19-8-6-17(13-28-19)14-33(11-10-32(4)5)25(37)29-18-7-9-22(34)23(35)12-18/h6-9,12-13,15-16,34-35H,10-11,14H2,1-5H3,(H,29,37)(H,30,36)(H,31,38). The van der Waals surface area contributed by atoms with Crippen LogP contribution in [0.5, 0.6) is 11.5 Å².